The van der Waals surface area contributed by atoms with Gasteiger partial charge in [-0.05, 0) is 13.0 Å². The Hall–Kier alpha value is -1.62. The van der Waals surface area contributed by atoms with E-state index in [-0.39, 0.29) is 5.91 Å². The number of pyridine rings is 1. The van der Waals surface area contributed by atoms with Gasteiger partial charge in [0.15, 0.2) is 0 Å². The van der Waals surface area contributed by atoms with Crippen molar-refractivity contribution in [1.82, 2.24) is 15.6 Å². The van der Waals surface area contributed by atoms with Gasteiger partial charge in [0.2, 0.25) is 11.8 Å². The monoisotopic (exact) mass is 237 g/mol. The normalized spacial score (nSPS) is 10.0. The van der Waals surface area contributed by atoms with Crippen molar-refractivity contribution >= 4 is 5.91 Å². The molecule has 0 spiro atoms. The molecule has 1 heterocycles. The first-order chi connectivity index (χ1) is 8.27. The number of carbonyl (C=O) groups is 1. The van der Waals surface area contributed by atoms with Crippen LogP contribution in [0.1, 0.15) is 18.9 Å². The number of amides is 1. The highest BCUT2D eigenvalue weighted by Crippen LogP contribution is 2.12. The summed E-state index contributed by atoms with van der Waals surface area (Å²) >= 11 is 0. The minimum atomic E-state index is 0.0677. The summed E-state index contributed by atoms with van der Waals surface area (Å²) in [6, 6.07) is 3.81. The SMILES string of the molecule is CCNC(=O)CCNCc1cccnc1OC. The number of aromatic nitrogens is 1. The Morgan fingerprint density at radius 2 is 2.35 bits per heavy atom. The fourth-order valence-corrected chi connectivity index (χ4v) is 1.45. The van der Waals surface area contributed by atoms with Crippen LogP contribution in [0.25, 0.3) is 0 Å². The van der Waals surface area contributed by atoms with Gasteiger partial charge in [-0.3, -0.25) is 4.79 Å². The Morgan fingerprint density at radius 1 is 1.53 bits per heavy atom. The van der Waals surface area contributed by atoms with Crippen molar-refractivity contribution < 1.29 is 9.53 Å². The quantitative estimate of drug-likeness (QED) is 0.685. The molecule has 0 aliphatic rings. The van der Waals surface area contributed by atoms with Crippen LogP contribution < -0.4 is 15.4 Å². The van der Waals surface area contributed by atoms with Crippen LogP contribution in [0.2, 0.25) is 0 Å². The fraction of sp³-hybridized carbons (Fsp3) is 0.500. The molecule has 1 rings (SSSR count). The minimum Gasteiger partial charge on any atom is -0.481 e. The van der Waals surface area contributed by atoms with Gasteiger partial charge in [0, 0.05) is 37.8 Å². The summed E-state index contributed by atoms with van der Waals surface area (Å²) < 4.78 is 5.13. The molecule has 0 aliphatic carbocycles. The number of ether oxygens (including phenoxy) is 1. The van der Waals surface area contributed by atoms with Gasteiger partial charge >= 0.3 is 0 Å². The van der Waals surface area contributed by atoms with Crippen LogP contribution in [-0.2, 0) is 11.3 Å². The fourth-order valence-electron chi connectivity index (χ4n) is 1.45. The molecule has 0 aromatic carbocycles. The Labute approximate surface area is 102 Å². The van der Waals surface area contributed by atoms with Crippen molar-refractivity contribution in [2.24, 2.45) is 0 Å². The van der Waals surface area contributed by atoms with Crippen LogP contribution in [0.5, 0.6) is 5.88 Å². The van der Waals surface area contributed by atoms with Gasteiger partial charge in [0.1, 0.15) is 0 Å². The van der Waals surface area contributed by atoms with Gasteiger partial charge in [-0.1, -0.05) is 6.07 Å². The third-order valence-electron chi connectivity index (χ3n) is 2.26. The first kappa shape index (κ1) is 13.4. The van der Waals surface area contributed by atoms with Gasteiger partial charge < -0.3 is 15.4 Å². The summed E-state index contributed by atoms with van der Waals surface area (Å²) in [5.41, 5.74) is 0.992. The standard InChI is InChI=1S/C12H19N3O2/c1-3-14-11(16)6-8-13-9-10-5-4-7-15-12(10)17-2/h4-5,7,13H,3,6,8-9H2,1-2H3,(H,14,16). The molecular formula is C12H19N3O2. The summed E-state index contributed by atoms with van der Waals surface area (Å²) in [5, 5.41) is 5.94. The Bertz CT molecular complexity index is 355. The summed E-state index contributed by atoms with van der Waals surface area (Å²) in [5.74, 6) is 0.691. The van der Waals surface area contributed by atoms with Crippen molar-refractivity contribution in [3.63, 3.8) is 0 Å². The molecule has 0 saturated heterocycles. The average Bonchev–Trinajstić information content (AvgIpc) is 2.35. The molecule has 0 saturated carbocycles. The maximum atomic E-state index is 11.2. The van der Waals surface area contributed by atoms with E-state index >= 15 is 0 Å². The summed E-state index contributed by atoms with van der Waals surface area (Å²) in [7, 11) is 1.60. The lowest BCUT2D eigenvalue weighted by Crippen LogP contribution is -2.27. The van der Waals surface area contributed by atoms with Crippen molar-refractivity contribution in [3.05, 3.63) is 23.9 Å². The topological polar surface area (TPSA) is 63.2 Å². The van der Waals surface area contributed by atoms with E-state index in [1.807, 2.05) is 19.1 Å². The second-order valence-corrected chi connectivity index (χ2v) is 3.55. The molecule has 0 fully saturated rings. The van der Waals surface area contributed by atoms with Gasteiger partial charge in [0.25, 0.3) is 0 Å². The largest absolute Gasteiger partial charge is 0.481 e. The molecule has 0 bridgehead atoms. The molecule has 0 aliphatic heterocycles. The second-order valence-electron chi connectivity index (χ2n) is 3.55. The van der Waals surface area contributed by atoms with Crippen LogP contribution >= 0.6 is 0 Å². The number of hydrogen-bond donors (Lipinski definition) is 2. The maximum Gasteiger partial charge on any atom is 0.221 e. The predicted molar refractivity (Wildman–Crippen MR) is 65.8 cm³/mol. The van der Waals surface area contributed by atoms with E-state index in [9.17, 15) is 4.79 Å². The van der Waals surface area contributed by atoms with E-state index in [2.05, 4.69) is 15.6 Å². The van der Waals surface area contributed by atoms with E-state index < -0.39 is 0 Å². The van der Waals surface area contributed by atoms with Crippen molar-refractivity contribution in [3.8, 4) is 5.88 Å². The predicted octanol–water partition coefficient (Wildman–Crippen LogP) is 0.706. The van der Waals surface area contributed by atoms with E-state index in [4.69, 9.17) is 4.74 Å². The van der Waals surface area contributed by atoms with Gasteiger partial charge in [-0.15, -0.1) is 0 Å². The molecule has 17 heavy (non-hydrogen) atoms. The molecule has 5 nitrogen and oxygen atoms in total. The highest BCUT2D eigenvalue weighted by molar-refractivity contribution is 5.75. The van der Waals surface area contributed by atoms with Gasteiger partial charge in [-0.25, -0.2) is 4.98 Å². The maximum absolute atomic E-state index is 11.2. The lowest BCUT2D eigenvalue weighted by molar-refractivity contribution is -0.120. The van der Waals surface area contributed by atoms with E-state index in [1.54, 1.807) is 13.3 Å². The molecule has 1 amide bonds. The third kappa shape index (κ3) is 4.82. The van der Waals surface area contributed by atoms with Crippen LogP contribution in [-0.4, -0.2) is 31.1 Å². The highest BCUT2D eigenvalue weighted by atomic mass is 16.5. The minimum absolute atomic E-state index is 0.0677. The molecular weight excluding hydrogens is 218 g/mol. The molecule has 94 valence electrons. The Balaban J connectivity index is 2.28. The number of nitrogens with zero attached hydrogens (tertiary/aromatic N) is 1. The molecule has 0 unspecified atom stereocenters. The van der Waals surface area contributed by atoms with Crippen LogP contribution in [0.3, 0.4) is 0 Å². The zero-order valence-corrected chi connectivity index (χ0v) is 10.3. The van der Waals surface area contributed by atoms with E-state index in [0.717, 1.165) is 5.56 Å². The molecule has 2 N–H and O–H groups in total. The third-order valence-corrected chi connectivity index (χ3v) is 2.26. The molecule has 0 atom stereocenters. The van der Waals surface area contributed by atoms with Crippen molar-refractivity contribution in [2.75, 3.05) is 20.2 Å². The zero-order chi connectivity index (χ0) is 12.5. The Kier molecular flexibility index (Phi) is 6.03. The van der Waals surface area contributed by atoms with Crippen LogP contribution in [0.4, 0.5) is 0 Å². The second kappa shape index (κ2) is 7.62. The molecule has 1 aromatic rings. The smallest absolute Gasteiger partial charge is 0.221 e. The van der Waals surface area contributed by atoms with Crippen LogP contribution in [0.15, 0.2) is 18.3 Å². The van der Waals surface area contributed by atoms with Crippen molar-refractivity contribution in [2.45, 2.75) is 19.9 Å². The first-order valence-corrected chi connectivity index (χ1v) is 5.73. The molecule has 0 radical (unpaired) electrons. The Morgan fingerprint density at radius 3 is 3.06 bits per heavy atom. The van der Waals surface area contributed by atoms with E-state index in [1.165, 1.54) is 0 Å². The summed E-state index contributed by atoms with van der Waals surface area (Å²) in [6.07, 6.45) is 2.17. The number of hydrogen-bond acceptors (Lipinski definition) is 4. The van der Waals surface area contributed by atoms with Gasteiger partial charge in [-0.2, -0.15) is 0 Å². The number of methoxy groups -OCH3 is 1. The lowest BCUT2D eigenvalue weighted by atomic mass is 10.2. The van der Waals surface area contributed by atoms with Crippen LogP contribution in [0, 0.1) is 0 Å². The summed E-state index contributed by atoms with van der Waals surface area (Å²) in [4.78, 5) is 15.3. The molecule has 1 aromatic heterocycles. The van der Waals surface area contributed by atoms with E-state index in [0.29, 0.717) is 31.9 Å². The average molecular weight is 237 g/mol. The zero-order valence-electron chi connectivity index (χ0n) is 10.3. The number of nitrogens with one attached hydrogen (secondary N) is 2. The van der Waals surface area contributed by atoms with Crippen molar-refractivity contribution in [1.29, 1.82) is 0 Å². The van der Waals surface area contributed by atoms with Gasteiger partial charge in [0.05, 0.1) is 7.11 Å². The number of carbonyl (C=O) groups excluding carboxylic acids is 1. The summed E-state index contributed by atoms with van der Waals surface area (Å²) in [6.45, 7) is 3.88. The lowest BCUT2D eigenvalue weighted by Gasteiger charge is -2.08. The first-order valence-electron chi connectivity index (χ1n) is 5.73. The highest BCUT2D eigenvalue weighted by Gasteiger charge is 2.03. The molecule has 5 heteroatoms. The number of rotatable bonds is 7.